The molecule has 7 nitrogen and oxygen atoms in total. The summed E-state index contributed by atoms with van der Waals surface area (Å²) in [6.07, 6.45) is 2.28. The van der Waals surface area contributed by atoms with Crippen LogP contribution < -0.4 is 11.2 Å². The predicted octanol–water partition coefficient (Wildman–Crippen LogP) is 1.71. The highest BCUT2D eigenvalue weighted by molar-refractivity contribution is 6.05. The first-order valence-electron chi connectivity index (χ1n) is 8.76. The maximum absolute atomic E-state index is 13.0. The van der Waals surface area contributed by atoms with Crippen LogP contribution in [0, 0.1) is 5.92 Å². The Morgan fingerprint density at radius 3 is 2.64 bits per heavy atom. The van der Waals surface area contributed by atoms with Crippen LogP contribution in [-0.4, -0.2) is 38.9 Å². The summed E-state index contributed by atoms with van der Waals surface area (Å²) in [5.74, 6) is 0.427. The standard InChI is InChI=1S/C18H24N4O3/c1-5-22-15-14(16(23)20-18(22)25)12(8-13(19-15)10(2)3)17(24)21(4)9-11-6-7-11/h8,10-11H,5-7,9H2,1-4H3,(H,20,23,25). The molecule has 7 heteroatoms. The molecule has 1 aliphatic carbocycles. The molecule has 1 N–H and O–H groups in total. The molecule has 2 heterocycles. The number of H-pyrrole nitrogens is 1. The van der Waals surface area contributed by atoms with Gasteiger partial charge in [0, 0.05) is 25.8 Å². The molecule has 0 radical (unpaired) electrons. The molecular weight excluding hydrogens is 320 g/mol. The first kappa shape index (κ1) is 17.4. The number of carbonyl (C=O) groups excluding carboxylic acids is 1. The Labute approximate surface area is 145 Å². The van der Waals surface area contributed by atoms with E-state index >= 15 is 0 Å². The molecular formula is C18H24N4O3. The molecule has 0 saturated heterocycles. The number of pyridine rings is 1. The van der Waals surface area contributed by atoms with E-state index in [-0.39, 0.29) is 22.9 Å². The quantitative estimate of drug-likeness (QED) is 0.894. The fourth-order valence-electron chi connectivity index (χ4n) is 3.03. The van der Waals surface area contributed by atoms with Gasteiger partial charge in [-0.3, -0.25) is 19.1 Å². The summed E-state index contributed by atoms with van der Waals surface area (Å²) in [5.41, 5.74) is 0.239. The van der Waals surface area contributed by atoms with Crippen molar-refractivity contribution >= 4 is 16.9 Å². The summed E-state index contributed by atoms with van der Waals surface area (Å²) in [6.45, 7) is 6.80. The van der Waals surface area contributed by atoms with Gasteiger partial charge in [-0.25, -0.2) is 9.78 Å². The number of carbonyl (C=O) groups is 1. The van der Waals surface area contributed by atoms with Crippen LogP contribution in [0.4, 0.5) is 0 Å². The fourth-order valence-corrected chi connectivity index (χ4v) is 3.03. The number of amides is 1. The second-order valence-electron chi connectivity index (χ2n) is 7.08. The number of aryl methyl sites for hydroxylation is 1. The maximum Gasteiger partial charge on any atom is 0.329 e. The molecule has 134 valence electrons. The Morgan fingerprint density at radius 1 is 1.40 bits per heavy atom. The van der Waals surface area contributed by atoms with Crippen LogP contribution in [0.25, 0.3) is 11.0 Å². The van der Waals surface area contributed by atoms with Crippen molar-refractivity contribution in [2.45, 2.75) is 46.1 Å². The van der Waals surface area contributed by atoms with E-state index in [0.717, 1.165) is 12.8 Å². The normalized spacial score (nSPS) is 14.3. The lowest BCUT2D eigenvalue weighted by Gasteiger charge is -2.19. The van der Waals surface area contributed by atoms with Crippen LogP contribution in [0.5, 0.6) is 0 Å². The average molecular weight is 344 g/mol. The highest BCUT2D eigenvalue weighted by atomic mass is 16.2. The number of nitrogens with one attached hydrogen (secondary N) is 1. The Kier molecular flexibility index (Phi) is 4.49. The zero-order chi connectivity index (χ0) is 18.3. The van der Waals surface area contributed by atoms with Crippen LogP contribution >= 0.6 is 0 Å². The SMILES string of the molecule is CCn1c(=O)[nH]c(=O)c2c(C(=O)N(C)CC3CC3)cc(C(C)C)nc21. The smallest absolute Gasteiger partial charge is 0.329 e. The average Bonchev–Trinajstić information content (AvgIpc) is 3.37. The van der Waals surface area contributed by atoms with Gasteiger partial charge in [0.1, 0.15) is 0 Å². The van der Waals surface area contributed by atoms with Gasteiger partial charge < -0.3 is 4.90 Å². The highest BCUT2D eigenvalue weighted by Crippen LogP contribution is 2.30. The van der Waals surface area contributed by atoms with E-state index in [0.29, 0.717) is 30.3 Å². The maximum atomic E-state index is 13.0. The van der Waals surface area contributed by atoms with Crippen LogP contribution in [0.1, 0.15) is 55.6 Å². The van der Waals surface area contributed by atoms with E-state index < -0.39 is 11.2 Å². The first-order valence-corrected chi connectivity index (χ1v) is 8.76. The van der Waals surface area contributed by atoms with Gasteiger partial charge in [-0.2, -0.15) is 0 Å². The fraction of sp³-hybridized carbons (Fsp3) is 0.556. The second kappa shape index (κ2) is 6.46. The molecule has 0 bridgehead atoms. The zero-order valence-corrected chi connectivity index (χ0v) is 15.1. The van der Waals surface area contributed by atoms with E-state index in [2.05, 4.69) is 9.97 Å². The third-order valence-corrected chi connectivity index (χ3v) is 4.68. The van der Waals surface area contributed by atoms with Crippen molar-refractivity contribution in [2.75, 3.05) is 13.6 Å². The van der Waals surface area contributed by atoms with Crippen molar-refractivity contribution < 1.29 is 4.79 Å². The van der Waals surface area contributed by atoms with Crippen LogP contribution in [0.3, 0.4) is 0 Å². The van der Waals surface area contributed by atoms with E-state index in [1.54, 1.807) is 18.0 Å². The molecule has 0 spiro atoms. The van der Waals surface area contributed by atoms with Crippen molar-refractivity contribution in [3.63, 3.8) is 0 Å². The number of fused-ring (bicyclic) bond motifs is 1. The summed E-state index contributed by atoms with van der Waals surface area (Å²) in [4.78, 5) is 46.0. The first-order chi connectivity index (χ1) is 11.8. The molecule has 0 unspecified atom stereocenters. The Balaban J connectivity index is 2.26. The van der Waals surface area contributed by atoms with Crippen LogP contribution in [-0.2, 0) is 6.54 Å². The van der Waals surface area contributed by atoms with Gasteiger partial charge in [0.05, 0.1) is 10.9 Å². The monoisotopic (exact) mass is 344 g/mol. The van der Waals surface area contributed by atoms with Gasteiger partial charge in [-0.05, 0) is 37.7 Å². The zero-order valence-electron chi connectivity index (χ0n) is 15.1. The summed E-state index contributed by atoms with van der Waals surface area (Å²) in [6, 6.07) is 1.69. The molecule has 1 amide bonds. The third kappa shape index (κ3) is 3.23. The lowest BCUT2D eigenvalue weighted by Crippen LogP contribution is -2.34. The largest absolute Gasteiger partial charge is 0.341 e. The van der Waals surface area contributed by atoms with Gasteiger partial charge in [0.15, 0.2) is 5.65 Å². The molecule has 3 rings (SSSR count). The summed E-state index contributed by atoms with van der Waals surface area (Å²) in [5, 5.41) is 0.193. The van der Waals surface area contributed by atoms with Gasteiger partial charge in [-0.15, -0.1) is 0 Å². The lowest BCUT2D eigenvalue weighted by atomic mass is 10.0. The minimum absolute atomic E-state index is 0.0735. The van der Waals surface area contributed by atoms with Gasteiger partial charge >= 0.3 is 5.69 Å². The van der Waals surface area contributed by atoms with Crippen molar-refractivity contribution in [2.24, 2.45) is 5.92 Å². The number of aromatic amines is 1. The predicted molar refractivity (Wildman–Crippen MR) is 96.1 cm³/mol. The van der Waals surface area contributed by atoms with Crippen LogP contribution in [0.15, 0.2) is 15.7 Å². The molecule has 2 aromatic heterocycles. The summed E-state index contributed by atoms with van der Waals surface area (Å²) in [7, 11) is 1.76. The third-order valence-electron chi connectivity index (χ3n) is 4.68. The molecule has 0 aliphatic heterocycles. The molecule has 25 heavy (non-hydrogen) atoms. The minimum atomic E-state index is -0.560. The van der Waals surface area contributed by atoms with Crippen LogP contribution in [0.2, 0.25) is 0 Å². The van der Waals surface area contributed by atoms with Gasteiger partial charge in [0.25, 0.3) is 11.5 Å². The molecule has 0 atom stereocenters. The van der Waals surface area contributed by atoms with Gasteiger partial charge in [0.2, 0.25) is 0 Å². The molecule has 1 fully saturated rings. The summed E-state index contributed by atoms with van der Waals surface area (Å²) >= 11 is 0. The molecule has 0 aromatic carbocycles. The number of aromatic nitrogens is 3. The Morgan fingerprint density at radius 2 is 2.08 bits per heavy atom. The topological polar surface area (TPSA) is 88.1 Å². The van der Waals surface area contributed by atoms with E-state index in [1.165, 1.54) is 4.57 Å². The Hall–Kier alpha value is -2.44. The van der Waals surface area contributed by atoms with E-state index in [9.17, 15) is 14.4 Å². The molecule has 2 aromatic rings. The second-order valence-corrected chi connectivity index (χ2v) is 7.08. The van der Waals surface area contributed by atoms with Crippen molar-refractivity contribution in [3.05, 3.63) is 38.2 Å². The number of hydrogen-bond acceptors (Lipinski definition) is 4. The van der Waals surface area contributed by atoms with Crippen molar-refractivity contribution in [1.29, 1.82) is 0 Å². The van der Waals surface area contributed by atoms with Crippen molar-refractivity contribution in [3.8, 4) is 0 Å². The number of hydrogen-bond donors (Lipinski definition) is 1. The highest BCUT2D eigenvalue weighted by Gasteiger charge is 2.27. The summed E-state index contributed by atoms with van der Waals surface area (Å²) < 4.78 is 1.40. The Bertz CT molecular complexity index is 938. The van der Waals surface area contributed by atoms with E-state index in [1.807, 2.05) is 20.8 Å². The van der Waals surface area contributed by atoms with E-state index in [4.69, 9.17) is 0 Å². The molecule has 1 saturated carbocycles. The minimum Gasteiger partial charge on any atom is -0.341 e. The molecule has 1 aliphatic rings. The lowest BCUT2D eigenvalue weighted by molar-refractivity contribution is 0.0790. The number of nitrogens with zero attached hydrogens (tertiary/aromatic N) is 3. The van der Waals surface area contributed by atoms with Gasteiger partial charge in [-0.1, -0.05) is 13.8 Å². The number of rotatable bonds is 5. The van der Waals surface area contributed by atoms with Crippen molar-refractivity contribution in [1.82, 2.24) is 19.4 Å².